The number of hydrogen-bond donors (Lipinski definition) is 1. The number of nitrogen functional groups attached to an aromatic ring is 1. The SMILES string of the molecule is CC(C)n1c(N)nnc1SCCS(=O)(=O)C(C)(C)C. The summed E-state index contributed by atoms with van der Waals surface area (Å²) in [6, 6.07) is 0.150. The van der Waals surface area contributed by atoms with Gasteiger partial charge < -0.3 is 5.73 Å². The lowest BCUT2D eigenvalue weighted by atomic mass is 10.3. The van der Waals surface area contributed by atoms with Gasteiger partial charge in [-0.15, -0.1) is 10.2 Å². The van der Waals surface area contributed by atoms with Crippen molar-refractivity contribution in [2.75, 3.05) is 17.2 Å². The highest BCUT2D eigenvalue weighted by molar-refractivity contribution is 8.00. The second-order valence-corrected chi connectivity index (χ2v) is 9.51. The first kappa shape index (κ1) is 16.3. The van der Waals surface area contributed by atoms with Crippen LogP contribution in [-0.4, -0.2) is 39.4 Å². The molecule has 8 heteroatoms. The van der Waals surface area contributed by atoms with Crippen LogP contribution in [0, 0.1) is 0 Å². The fourth-order valence-electron chi connectivity index (χ4n) is 1.42. The lowest BCUT2D eigenvalue weighted by Gasteiger charge is -2.18. The first-order valence-electron chi connectivity index (χ1n) is 6.11. The van der Waals surface area contributed by atoms with Crippen molar-refractivity contribution in [1.29, 1.82) is 0 Å². The van der Waals surface area contributed by atoms with E-state index < -0.39 is 14.6 Å². The van der Waals surface area contributed by atoms with Gasteiger partial charge >= 0.3 is 0 Å². The van der Waals surface area contributed by atoms with Gasteiger partial charge in [-0.25, -0.2) is 8.42 Å². The highest BCUT2D eigenvalue weighted by Crippen LogP contribution is 2.24. The van der Waals surface area contributed by atoms with Gasteiger partial charge in [0.15, 0.2) is 15.0 Å². The van der Waals surface area contributed by atoms with Crippen molar-refractivity contribution in [1.82, 2.24) is 14.8 Å². The molecular formula is C11H22N4O2S2. The van der Waals surface area contributed by atoms with Crippen molar-refractivity contribution < 1.29 is 8.42 Å². The van der Waals surface area contributed by atoms with E-state index in [0.29, 0.717) is 16.9 Å². The molecule has 0 saturated carbocycles. The summed E-state index contributed by atoms with van der Waals surface area (Å²) >= 11 is 1.37. The summed E-state index contributed by atoms with van der Waals surface area (Å²) in [5, 5.41) is 8.46. The molecule has 0 aliphatic carbocycles. The summed E-state index contributed by atoms with van der Waals surface area (Å²) in [5.41, 5.74) is 5.73. The maximum atomic E-state index is 12.0. The van der Waals surface area contributed by atoms with E-state index in [4.69, 9.17) is 5.73 Å². The third-order valence-corrected chi connectivity index (χ3v) is 6.53. The van der Waals surface area contributed by atoms with Crippen molar-refractivity contribution in [3.8, 4) is 0 Å². The van der Waals surface area contributed by atoms with Gasteiger partial charge in [0.1, 0.15) is 0 Å². The number of nitrogens with zero attached hydrogens (tertiary/aromatic N) is 3. The summed E-state index contributed by atoms with van der Waals surface area (Å²) in [4.78, 5) is 0. The van der Waals surface area contributed by atoms with Gasteiger partial charge in [0, 0.05) is 11.8 Å². The standard InChI is InChI=1S/C11H22N4O2S2/c1-8(2)15-9(12)13-14-10(15)18-6-7-19(16,17)11(3,4)5/h8H,6-7H2,1-5H3,(H2,12,13). The van der Waals surface area contributed by atoms with Gasteiger partial charge in [-0.1, -0.05) is 11.8 Å². The minimum atomic E-state index is -3.10. The molecular weight excluding hydrogens is 284 g/mol. The zero-order valence-corrected chi connectivity index (χ0v) is 13.7. The number of thioether (sulfide) groups is 1. The number of aromatic nitrogens is 3. The fourth-order valence-corrected chi connectivity index (χ4v) is 3.97. The van der Waals surface area contributed by atoms with Gasteiger partial charge in [0.2, 0.25) is 5.95 Å². The molecule has 0 bridgehead atoms. The maximum Gasteiger partial charge on any atom is 0.222 e. The Morgan fingerprint density at radius 2 is 1.89 bits per heavy atom. The maximum absolute atomic E-state index is 12.0. The van der Waals surface area contributed by atoms with E-state index in [-0.39, 0.29) is 11.8 Å². The number of sulfone groups is 1. The van der Waals surface area contributed by atoms with Gasteiger partial charge in [0.25, 0.3) is 0 Å². The van der Waals surface area contributed by atoms with E-state index in [1.165, 1.54) is 11.8 Å². The topological polar surface area (TPSA) is 90.9 Å². The Kier molecular flexibility index (Phi) is 4.89. The number of hydrogen-bond acceptors (Lipinski definition) is 6. The third-order valence-electron chi connectivity index (χ3n) is 2.72. The minimum absolute atomic E-state index is 0.117. The van der Waals surface area contributed by atoms with Gasteiger partial charge in [-0.05, 0) is 34.6 Å². The van der Waals surface area contributed by atoms with Gasteiger partial charge in [-0.3, -0.25) is 4.57 Å². The Balaban J connectivity index is 2.70. The highest BCUT2D eigenvalue weighted by atomic mass is 32.2. The monoisotopic (exact) mass is 306 g/mol. The normalized spacial score (nSPS) is 13.2. The highest BCUT2D eigenvalue weighted by Gasteiger charge is 2.28. The summed E-state index contributed by atoms with van der Waals surface area (Å²) in [6.07, 6.45) is 0. The van der Waals surface area contributed by atoms with E-state index >= 15 is 0 Å². The zero-order valence-electron chi connectivity index (χ0n) is 12.0. The van der Waals surface area contributed by atoms with E-state index in [9.17, 15) is 8.42 Å². The van der Waals surface area contributed by atoms with Crippen molar-refractivity contribution in [3.05, 3.63) is 0 Å². The predicted octanol–water partition coefficient (Wildman–Crippen LogP) is 1.75. The van der Waals surface area contributed by atoms with Crippen molar-refractivity contribution >= 4 is 27.5 Å². The first-order valence-corrected chi connectivity index (χ1v) is 8.75. The Morgan fingerprint density at radius 3 is 2.37 bits per heavy atom. The minimum Gasteiger partial charge on any atom is -0.368 e. The largest absolute Gasteiger partial charge is 0.368 e. The lowest BCUT2D eigenvalue weighted by Crippen LogP contribution is -2.31. The Morgan fingerprint density at radius 1 is 1.32 bits per heavy atom. The average molecular weight is 306 g/mol. The predicted molar refractivity (Wildman–Crippen MR) is 79.1 cm³/mol. The van der Waals surface area contributed by atoms with E-state index in [0.717, 1.165) is 0 Å². The van der Waals surface area contributed by atoms with Crippen LogP contribution in [0.3, 0.4) is 0 Å². The molecule has 1 rings (SSSR count). The Hall–Kier alpha value is -0.760. The molecule has 0 aliphatic heterocycles. The summed E-state index contributed by atoms with van der Waals surface area (Å²) < 4.78 is 25.0. The van der Waals surface area contributed by atoms with Gasteiger partial charge in [-0.2, -0.15) is 0 Å². The molecule has 0 aromatic carbocycles. The van der Waals surface area contributed by atoms with Crippen LogP contribution in [0.4, 0.5) is 5.95 Å². The summed E-state index contributed by atoms with van der Waals surface area (Å²) in [7, 11) is -3.10. The molecule has 0 amide bonds. The Bertz CT molecular complexity index is 529. The molecule has 0 aliphatic rings. The second kappa shape index (κ2) is 5.70. The quantitative estimate of drug-likeness (QED) is 0.833. The van der Waals surface area contributed by atoms with Crippen molar-refractivity contribution in [2.24, 2.45) is 0 Å². The number of anilines is 1. The van der Waals surface area contributed by atoms with Gasteiger partial charge in [0.05, 0.1) is 10.5 Å². The number of rotatable bonds is 5. The molecule has 0 atom stereocenters. The van der Waals surface area contributed by atoms with Crippen LogP contribution in [0.5, 0.6) is 0 Å². The second-order valence-electron chi connectivity index (χ2n) is 5.58. The van der Waals surface area contributed by atoms with Crippen LogP contribution in [0.1, 0.15) is 40.7 Å². The molecule has 110 valence electrons. The van der Waals surface area contributed by atoms with Crippen LogP contribution >= 0.6 is 11.8 Å². The molecule has 1 aromatic heterocycles. The summed E-state index contributed by atoms with van der Waals surface area (Å²) in [5.74, 6) is 0.924. The third kappa shape index (κ3) is 3.85. The molecule has 2 N–H and O–H groups in total. The van der Waals surface area contributed by atoms with Crippen LogP contribution < -0.4 is 5.73 Å². The Labute approximate surface area is 119 Å². The van der Waals surface area contributed by atoms with E-state index in [1.54, 1.807) is 25.3 Å². The molecule has 1 heterocycles. The van der Waals surface area contributed by atoms with Crippen molar-refractivity contribution in [3.63, 3.8) is 0 Å². The lowest BCUT2D eigenvalue weighted by molar-refractivity contribution is 0.556. The fraction of sp³-hybridized carbons (Fsp3) is 0.818. The van der Waals surface area contributed by atoms with Crippen LogP contribution in [0.15, 0.2) is 5.16 Å². The van der Waals surface area contributed by atoms with Crippen LogP contribution in [0.25, 0.3) is 0 Å². The van der Waals surface area contributed by atoms with E-state index in [1.807, 2.05) is 13.8 Å². The van der Waals surface area contributed by atoms with Crippen LogP contribution in [-0.2, 0) is 9.84 Å². The van der Waals surface area contributed by atoms with E-state index in [2.05, 4.69) is 10.2 Å². The number of nitrogens with two attached hydrogens (primary N) is 1. The zero-order chi connectivity index (χ0) is 14.8. The average Bonchev–Trinajstić information content (AvgIpc) is 2.57. The molecule has 0 saturated heterocycles. The molecule has 0 fully saturated rings. The molecule has 6 nitrogen and oxygen atoms in total. The smallest absolute Gasteiger partial charge is 0.222 e. The molecule has 19 heavy (non-hydrogen) atoms. The summed E-state index contributed by atoms with van der Waals surface area (Å²) in [6.45, 7) is 9.09. The first-order chi connectivity index (χ1) is 8.56. The molecule has 1 aromatic rings. The van der Waals surface area contributed by atoms with Crippen LogP contribution in [0.2, 0.25) is 0 Å². The van der Waals surface area contributed by atoms with Crippen molar-refractivity contribution in [2.45, 2.75) is 50.6 Å². The molecule has 0 radical (unpaired) electrons. The molecule has 0 spiro atoms. The molecule has 0 unspecified atom stereocenters.